The summed E-state index contributed by atoms with van der Waals surface area (Å²) < 4.78 is 0. The average molecular weight is 285 g/mol. The first-order chi connectivity index (χ1) is 10.2. The van der Waals surface area contributed by atoms with Crippen molar-refractivity contribution < 1.29 is 0 Å². The van der Waals surface area contributed by atoms with E-state index in [1.165, 1.54) is 11.1 Å². The lowest BCUT2D eigenvalue weighted by Gasteiger charge is -2.30. The maximum absolute atomic E-state index is 4.66. The van der Waals surface area contributed by atoms with Gasteiger partial charge in [-0.1, -0.05) is 12.1 Å². The lowest BCUT2D eigenvalue weighted by Crippen LogP contribution is -2.41. The number of rotatable bonds is 3. The van der Waals surface area contributed by atoms with Gasteiger partial charge in [-0.25, -0.2) is 0 Å². The Kier molecular flexibility index (Phi) is 3.92. The van der Waals surface area contributed by atoms with Gasteiger partial charge in [0.1, 0.15) is 0 Å². The largest absolute Gasteiger partial charge is 0.339 e. The van der Waals surface area contributed by atoms with Crippen LogP contribution in [0.15, 0.2) is 18.2 Å². The van der Waals surface area contributed by atoms with Gasteiger partial charge in [0.05, 0.1) is 0 Å². The molecule has 21 heavy (non-hydrogen) atoms. The second-order valence-electron chi connectivity index (χ2n) is 5.83. The number of H-pyrrole nitrogens is 1. The highest BCUT2D eigenvalue weighted by atomic mass is 15.4. The van der Waals surface area contributed by atoms with E-state index in [0.717, 1.165) is 43.3 Å². The molecule has 0 atom stereocenters. The van der Waals surface area contributed by atoms with Gasteiger partial charge in [0, 0.05) is 24.7 Å². The number of aryl methyl sites for hydroxylation is 2. The number of hydrogen-bond acceptors (Lipinski definition) is 4. The lowest BCUT2D eigenvalue weighted by atomic mass is 10.1. The minimum absolute atomic E-state index is 0.624. The van der Waals surface area contributed by atoms with Crippen LogP contribution in [0, 0.1) is 13.8 Å². The van der Waals surface area contributed by atoms with Crippen molar-refractivity contribution in [2.75, 3.05) is 25.0 Å². The van der Waals surface area contributed by atoms with Crippen LogP contribution < -0.4 is 10.2 Å². The Labute approximate surface area is 125 Å². The molecule has 0 saturated carbocycles. The van der Waals surface area contributed by atoms with E-state index in [9.17, 15) is 0 Å². The summed E-state index contributed by atoms with van der Waals surface area (Å²) in [5.41, 5.74) is 3.68. The van der Waals surface area contributed by atoms with Crippen LogP contribution in [0.25, 0.3) is 11.4 Å². The first-order valence-corrected chi connectivity index (χ1v) is 7.59. The van der Waals surface area contributed by atoms with Gasteiger partial charge in [0.25, 0.3) is 0 Å². The molecule has 1 fully saturated rings. The van der Waals surface area contributed by atoms with Gasteiger partial charge in [-0.15, -0.1) is 5.10 Å². The molecule has 112 valence electrons. The number of aromatic amines is 1. The maximum atomic E-state index is 4.66. The molecular weight excluding hydrogens is 262 g/mol. The summed E-state index contributed by atoms with van der Waals surface area (Å²) in [6.45, 7) is 6.26. The Hall–Kier alpha value is -1.88. The van der Waals surface area contributed by atoms with Crippen LogP contribution in [-0.4, -0.2) is 41.4 Å². The fourth-order valence-electron chi connectivity index (χ4n) is 2.78. The minimum Gasteiger partial charge on any atom is -0.339 e. The molecule has 0 unspecified atom stereocenters. The summed E-state index contributed by atoms with van der Waals surface area (Å²) in [7, 11) is 2.03. The number of hydrogen-bond donors (Lipinski definition) is 2. The average Bonchev–Trinajstić information content (AvgIpc) is 3.00. The van der Waals surface area contributed by atoms with E-state index in [2.05, 4.69) is 57.4 Å². The molecule has 0 spiro atoms. The smallest absolute Gasteiger partial charge is 0.245 e. The summed E-state index contributed by atoms with van der Waals surface area (Å²) in [4.78, 5) is 6.92. The predicted molar refractivity (Wildman–Crippen MR) is 85.6 cm³/mol. The topological polar surface area (TPSA) is 56.8 Å². The van der Waals surface area contributed by atoms with E-state index in [4.69, 9.17) is 0 Å². The zero-order chi connectivity index (χ0) is 14.8. The van der Waals surface area contributed by atoms with E-state index in [0.29, 0.717) is 6.04 Å². The van der Waals surface area contributed by atoms with Crippen LogP contribution in [0.3, 0.4) is 0 Å². The number of piperidine rings is 1. The van der Waals surface area contributed by atoms with Gasteiger partial charge in [-0.2, -0.15) is 4.98 Å². The Morgan fingerprint density at radius 1 is 1.19 bits per heavy atom. The van der Waals surface area contributed by atoms with Crippen molar-refractivity contribution >= 4 is 5.95 Å². The number of aromatic nitrogens is 3. The molecule has 0 aliphatic carbocycles. The highest BCUT2D eigenvalue weighted by molar-refractivity contribution is 5.58. The van der Waals surface area contributed by atoms with E-state index < -0.39 is 0 Å². The molecule has 1 aliphatic rings. The third kappa shape index (κ3) is 2.93. The third-order valence-corrected chi connectivity index (χ3v) is 4.44. The zero-order valence-corrected chi connectivity index (χ0v) is 13.0. The highest BCUT2D eigenvalue weighted by Gasteiger charge is 2.20. The number of nitrogens with one attached hydrogen (secondary N) is 2. The summed E-state index contributed by atoms with van der Waals surface area (Å²) >= 11 is 0. The second kappa shape index (κ2) is 5.85. The monoisotopic (exact) mass is 285 g/mol. The molecule has 1 saturated heterocycles. The van der Waals surface area contributed by atoms with E-state index in [1.54, 1.807) is 0 Å². The summed E-state index contributed by atoms with van der Waals surface area (Å²) in [6.07, 6.45) is 2.29. The van der Waals surface area contributed by atoms with Crippen molar-refractivity contribution in [2.45, 2.75) is 32.7 Å². The second-order valence-corrected chi connectivity index (χ2v) is 5.83. The Balaban J connectivity index is 1.76. The minimum atomic E-state index is 0.624. The summed E-state index contributed by atoms with van der Waals surface area (Å²) in [5.74, 6) is 1.67. The maximum Gasteiger partial charge on any atom is 0.245 e. The molecule has 1 aromatic carbocycles. The van der Waals surface area contributed by atoms with Crippen LogP contribution in [0.2, 0.25) is 0 Å². The zero-order valence-electron chi connectivity index (χ0n) is 13.0. The first-order valence-electron chi connectivity index (χ1n) is 7.59. The predicted octanol–water partition coefficient (Wildman–Crippen LogP) is 2.28. The molecule has 2 N–H and O–H groups in total. The van der Waals surface area contributed by atoms with Gasteiger partial charge >= 0.3 is 0 Å². The lowest BCUT2D eigenvalue weighted by molar-refractivity contribution is 0.439. The number of nitrogens with zero attached hydrogens (tertiary/aromatic N) is 3. The van der Waals surface area contributed by atoms with Crippen LogP contribution >= 0.6 is 0 Å². The van der Waals surface area contributed by atoms with Crippen molar-refractivity contribution in [3.05, 3.63) is 29.3 Å². The molecule has 2 aromatic rings. The number of anilines is 1. The van der Waals surface area contributed by atoms with E-state index in [1.807, 2.05) is 7.05 Å². The van der Waals surface area contributed by atoms with Crippen molar-refractivity contribution in [1.82, 2.24) is 20.5 Å². The van der Waals surface area contributed by atoms with Crippen LogP contribution in [-0.2, 0) is 0 Å². The Bertz CT molecular complexity index is 611. The fraction of sp³-hybridized carbons (Fsp3) is 0.500. The quantitative estimate of drug-likeness (QED) is 0.908. The molecule has 5 nitrogen and oxygen atoms in total. The van der Waals surface area contributed by atoms with Crippen molar-refractivity contribution in [1.29, 1.82) is 0 Å². The van der Waals surface area contributed by atoms with E-state index >= 15 is 0 Å². The van der Waals surface area contributed by atoms with Gasteiger partial charge in [0.2, 0.25) is 5.95 Å². The molecule has 0 bridgehead atoms. The Morgan fingerprint density at radius 2 is 1.95 bits per heavy atom. The molecule has 2 heterocycles. The number of benzene rings is 1. The van der Waals surface area contributed by atoms with Crippen LogP contribution in [0.1, 0.15) is 24.0 Å². The molecule has 1 aromatic heterocycles. The highest BCUT2D eigenvalue weighted by Crippen LogP contribution is 2.22. The molecule has 0 amide bonds. The standard InChI is InChI=1S/C16H23N5/c1-11-4-5-13(10-12(11)2)15-18-16(20-19-15)21-8-6-14(17-3)7-9-21/h4-5,10,14,17H,6-9H2,1-3H3,(H,18,19,20). The normalized spacial score (nSPS) is 16.4. The molecule has 3 rings (SSSR count). The Morgan fingerprint density at radius 3 is 2.62 bits per heavy atom. The molecular formula is C16H23N5. The third-order valence-electron chi connectivity index (χ3n) is 4.44. The fourth-order valence-corrected chi connectivity index (χ4v) is 2.78. The van der Waals surface area contributed by atoms with Crippen LogP contribution in [0.5, 0.6) is 0 Å². The van der Waals surface area contributed by atoms with Gasteiger partial charge in [-0.05, 0) is 50.9 Å². The van der Waals surface area contributed by atoms with Crippen molar-refractivity contribution in [3.63, 3.8) is 0 Å². The first kappa shape index (κ1) is 14.1. The van der Waals surface area contributed by atoms with Gasteiger partial charge in [-0.3, -0.25) is 5.10 Å². The van der Waals surface area contributed by atoms with Crippen molar-refractivity contribution in [2.24, 2.45) is 0 Å². The summed E-state index contributed by atoms with van der Waals surface area (Å²) in [5, 5.41) is 10.8. The van der Waals surface area contributed by atoms with Gasteiger partial charge in [0.15, 0.2) is 5.82 Å². The van der Waals surface area contributed by atoms with Crippen molar-refractivity contribution in [3.8, 4) is 11.4 Å². The van der Waals surface area contributed by atoms with E-state index in [-0.39, 0.29) is 0 Å². The molecule has 5 heteroatoms. The summed E-state index contributed by atoms with van der Waals surface area (Å²) in [6, 6.07) is 7.01. The SMILES string of the molecule is CNC1CCN(c2n[nH]c(-c3ccc(C)c(C)c3)n2)CC1. The molecule has 0 radical (unpaired) electrons. The van der Waals surface area contributed by atoms with Crippen LogP contribution in [0.4, 0.5) is 5.95 Å². The molecule has 1 aliphatic heterocycles. The van der Waals surface area contributed by atoms with Gasteiger partial charge < -0.3 is 10.2 Å².